The SMILES string of the molecule is CN1CCSCC1c1noc(C(N)Cc2ccccc2)n1. The Kier molecular flexibility index (Phi) is 4.57. The highest BCUT2D eigenvalue weighted by atomic mass is 32.2. The van der Waals surface area contributed by atoms with Crippen LogP contribution in [0.15, 0.2) is 34.9 Å². The molecule has 1 aromatic heterocycles. The second-order valence-corrected chi connectivity index (χ2v) is 6.51. The third-order valence-corrected chi connectivity index (χ3v) is 4.79. The third kappa shape index (κ3) is 3.45. The van der Waals surface area contributed by atoms with E-state index < -0.39 is 0 Å². The number of aromatic nitrogens is 2. The Hall–Kier alpha value is -1.37. The van der Waals surface area contributed by atoms with Crippen LogP contribution in [0.5, 0.6) is 0 Å². The van der Waals surface area contributed by atoms with Gasteiger partial charge in [0, 0.05) is 18.1 Å². The van der Waals surface area contributed by atoms with E-state index in [1.165, 1.54) is 5.56 Å². The Labute approximate surface area is 128 Å². The van der Waals surface area contributed by atoms with Crippen LogP contribution in [0.3, 0.4) is 0 Å². The van der Waals surface area contributed by atoms with Crippen molar-refractivity contribution in [3.05, 3.63) is 47.6 Å². The molecule has 6 heteroatoms. The van der Waals surface area contributed by atoms with Gasteiger partial charge in [0.15, 0.2) is 5.82 Å². The van der Waals surface area contributed by atoms with E-state index >= 15 is 0 Å². The lowest BCUT2D eigenvalue weighted by Crippen LogP contribution is -2.33. The molecule has 0 radical (unpaired) electrons. The molecule has 2 unspecified atom stereocenters. The fraction of sp³-hybridized carbons (Fsp3) is 0.467. The van der Waals surface area contributed by atoms with Crippen molar-refractivity contribution in [1.82, 2.24) is 15.0 Å². The molecule has 0 spiro atoms. The molecule has 1 saturated heterocycles. The molecule has 2 aromatic rings. The van der Waals surface area contributed by atoms with Crippen LogP contribution in [0.25, 0.3) is 0 Å². The van der Waals surface area contributed by atoms with Crippen molar-refractivity contribution in [2.75, 3.05) is 25.1 Å². The first-order valence-corrected chi connectivity index (χ1v) is 8.30. The van der Waals surface area contributed by atoms with Crippen LogP contribution in [-0.4, -0.2) is 40.1 Å². The Morgan fingerprint density at radius 3 is 3.00 bits per heavy atom. The van der Waals surface area contributed by atoms with Gasteiger partial charge in [0.2, 0.25) is 5.89 Å². The first kappa shape index (κ1) is 14.6. The summed E-state index contributed by atoms with van der Waals surface area (Å²) in [6.45, 7) is 1.05. The highest BCUT2D eigenvalue weighted by molar-refractivity contribution is 7.99. The van der Waals surface area contributed by atoms with Crippen LogP contribution in [0.1, 0.15) is 29.4 Å². The number of nitrogens with two attached hydrogens (primary N) is 1. The normalized spacial score (nSPS) is 21.3. The quantitative estimate of drug-likeness (QED) is 0.932. The molecule has 1 aromatic carbocycles. The maximum absolute atomic E-state index is 6.19. The minimum atomic E-state index is -0.254. The van der Waals surface area contributed by atoms with Crippen LogP contribution in [0, 0.1) is 0 Å². The Bertz CT molecular complexity index is 574. The standard InChI is InChI=1S/C15H20N4OS/c1-19-7-8-21-10-13(19)14-17-15(20-18-14)12(16)9-11-5-3-2-4-6-11/h2-6,12-13H,7-10,16H2,1H3. The van der Waals surface area contributed by atoms with E-state index in [-0.39, 0.29) is 12.1 Å². The maximum atomic E-state index is 6.19. The lowest BCUT2D eigenvalue weighted by Gasteiger charge is -2.29. The fourth-order valence-electron chi connectivity index (χ4n) is 2.45. The summed E-state index contributed by atoms with van der Waals surface area (Å²) in [5.74, 6) is 3.44. The number of rotatable bonds is 4. The van der Waals surface area contributed by atoms with Gasteiger partial charge in [-0.1, -0.05) is 35.5 Å². The second-order valence-electron chi connectivity index (χ2n) is 5.36. The lowest BCUT2D eigenvalue weighted by molar-refractivity contribution is 0.256. The predicted molar refractivity (Wildman–Crippen MR) is 84.1 cm³/mol. The molecule has 3 rings (SSSR count). The molecular formula is C15H20N4OS. The van der Waals surface area contributed by atoms with Gasteiger partial charge in [0.05, 0.1) is 12.1 Å². The molecule has 21 heavy (non-hydrogen) atoms. The van der Waals surface area contributed by atoms with Gasteiger partial charge >= 0.3 is 0 Å². The van der Waals surface area contributed by atoms with Gasteiger partial charge in [-0.25, -0.2) is 0 Å². The van der Waals surface area contributed by atoms with E-state index in [4.69, 9.17) is 10.3 Å². The Morgan fingerprint density at radius 2 is 2.24 bits per heavy atom. The molecule has 2 heterocycles. The van der Waals surface area contributed by atoms with Crippen molar-refractivity contribution in [1.29, 1.82) is 0 Å². The molecule has 0 bridgehead atoms. The minimum absolute atomic E-state index is 0.227. The summed E-state index contributed by atoms with van der Waals surface area (Å²) in [4.78, 5) is 6.79. The fourth-order valence-corrected chi connectivity index (χ4v) is 3.66. The molecule has 0 saturated carbocycles. The van der Waals surface area contributed by atoms with E-state index in [0.29, 0.717) is 12.3 Å². The van der Waals surface area contributed by atoms with Crippen molar-refractivity contribution in [2.45, 2.75) is 18.5 Å². The molecule has 2 atom stereocenters. The van der Waals surface area contributed by atoms with Crippen LogP contribution < -0.4 is 5.73 Å². The van der Waals surface area contributed by atoms with Gasteiger partial charge in [0.1, 0.15) is 0 Å². The summed E-state index contributed by atoms with van der Waals surface area (Å²) >= 11 is 1.93. The zero-order chi connectivity index (χ0) is 14.7. The summed E-state index contributed by atoms with van der Waals surface area (Å²) in [6.07, 6.45) is 0.706. The van der Waals surface area contributed by atoms with E-state index in [2.05, 4.69) is 34.2 Å². The van der Waals surface area contributed by atoms with Crippen molar-refractivity contribution in [3.8, 4) is 0 Å². The van der Waals surface area contributed by atoms with Crippen LogP contribution >= 0.6 is 11.8 Å². The van der Waals surface area contributed by atoms with Crippen molar-refractivity contribution < 1.29 is 4.52 Å². The van der Waals surface area contributed by atoms with E-state index in [1.54, 1.807) is 0 Å². The summed E-state index contributed by atoms with van der Waals surface area (Å²) in [5, 5.41) is 4.13. The summed E-state index contributed by atoms with van der Waals surface area (Å²) in [6, 6.07) is 10.1. The lowest BCUT2D eigenvalue weighted by atomic mass is 10.1. The van der Waals surface area contributed by atoms with Crippen molar-refractivity contribution in [2.24, 2.45) is 5.73 Å². The van der Waals surface area contributed by atoms with Gasteiger partial charge in [-0.2, -0.15) is 16.7 Å². The Morgan fingerprint density at radius 1 is 1.43 bits per heavy atom. The molecular weight excluding hydrogens is 284 g/mol. The molecule has 1 aliphatic heterocycles. The van der Waals surface area contributed by atoms with Crippen molar-refractivity contribution in [3.63, 3.8) is 0 Å². The first-order chi connectivity index (χ1) is 10.2. The number of hydrogen-bond donors (Lipinski definition) is 1. The zero-order valence-corrected chi connectivity index (χ0v) is 12.9. The van der Waals surface area contributed by atoms with E-state index in [0.717, 1.165) is 23.9 Å². The molecule has 0 aliphatic carbocycles. The minimum Gasteiger partial charge on any atom is -0.338 e. The average Bonchev–Trinajstić information content (AvgIpc) is 2.98. The molecule has 1 fully saturated rings. The smallest absolute Gasteiger partial charge is 0.243 e. The number of hydrogen-bond acceptors (Lipinski definition) is 6. The number of nitrogens with zero attached hydrogens (tertiary/aromatic N) is 3. The number of thioether (sulfide) groups is 1. The summed E-state index contributed by atoms with van der Waals surface area (Å²) in [5.41, 5.74) is 7.37. The molecule has 0 amide bonds. The van der Waals surface area contributed by atoms with Crippen LogP contribution in [0.2, 0.25) is 0 Å². The highest BCUT2D eigenvalue weighted by Crippen LogP contribution is 2.27. The summed E-state index contributed by atoms with van der Waals surface area (Å²) in [7, 11) is 2.10. The molecule has 5 nitrogen and oxygen atoms in total. The predicted octanol–water partition coefficient (Wildman–Crippen LogP) is 2.03. The average molecular weight is 304 g/mol. The van der Waals surface area contributed by atoms with E-state index in [9.17, 15) is 0 Å². The van der Waals surface area contributed by atoms with Crippen LogP contribution in [-0.2, 0) is 6.42 Å². The molecule has 1 aliphatic rings. The van der Waals surface area contributed by atoms with Gasteiger partial charge in [-0.05, 0) is 19.0 Å². The zero-order valence-electron chi connectivity index (χ0n) is 12.1. The maximum Gasteiger partial charge on any atom is 0.243 e. The second kappa shape index (κ2) is 6.60. The molecule has 112 valence electrons. The van der Waals surface area contributed by atoms with Gasteiger partial charge in [-0.15, -0.1) is 0 Å². The van der Waals surface area contributed by atoms with Crippen molar-refractivity contribution >= 4 is 11.8 Å². The largest absolute Gasteiger partial charge is 0.338 e. The van der Waals surface area contributed by atoms with Crippen LogP contribution in [0.4, 0.5) is 0 Å². The Balaban J connectivity index is 1.69. The monoisotopic (exact) mass is 304 g/mol. The first-order valence-electron chi connectivity index (χ1n) is 7.15. The van der Waals surface area contributed by atoms with Gasteiger partial charge in [0.25, 0.3) is 0 Å². The topological polar surface area (TPSA) is 68.2 Å². The van der Waals surface area contributed by atoms with E-state index in [1.807, 2.05) is 30.0 Å². The summed E-state index contributed by atoms with van der Waals surface area (Å²) < 4.78 is 5.38. The highest BCUT2D eigenvalue weighted by Gasteiger charge is 2.26. The third-order valence-electron chi connectivity index (χ3n) is 3.77. The van der Waals surface area contributed by atoms with Gasteiger partial charge in [-0.3, -0.25) is 4.90 Å². The molecule has 2 N–H and O–H groups in total. The number of benzene rings is 1. The van der Waals surface area contributed by atoms with Gasteiger partial charge < -0.3 is 10.3 Å².